The predicted molar refractivity (Wildman–Crippen MR) is 287 cm³/mol. The summed E-state index contributed by atoms with van der Waals surface area (Å²) in [4.78, 5) is 5.30. The molecule has 0 amide bonds. The summed E-state index contributed by atoms with van der Waals surface area (Å²) < 4.78 is 0. The van der Waals surface area contributed by atoms with Crippen molar-refractivity contribution in [1.82, 2.24) is 0 Å². The number of fused-ring (bicyclic) bond motifs is 8. The van der Waals surface area contributed by atoms with Gasteiger partial charge >= 0.3 is 0 Å². The van der Waals surface area contributed by atoms with Crippen LogP contribution in [0.2, 0.25) is 5.02 Å². The lowest BCUT2D eigenvalue weighted by Crippen LogP contribution is -2.62. The molecular formula is C62H76BClN2. The van der Waals surface area contributed by atoms with Gasteiger partial charge in [0.25, 0.3) is 6.71 Å². The fraction of sp³-hybridized carbons (Fsp3) is 0.516. The Morgan fingerprint density at radius 1 is 0.333 bits per heavy atom. The summed E-state index contributed by atoms with van der Waals surface area (Å²) in [6, 6.07) is 30.3. The van der Waals surface area contributed by atoms with Gasteiger partial charge in [-0.1, -0.05) is 147 Å². The van der Waals surface area contributed by atoms with Crippen molar-refractivity contribution in [2.45, 2.75) is 205 Å². The molecule has 0 atom stereocenters. The number of hydrogen-bond donors (Lipinski definition) is 0. The molecule has 0 fully saturated rings. The molecule has 2 nitrogen and oxygen atoms in total. The number of hydrogen-bond acceptors (Lipinski definition) is 2. The standard InChI is InChI=1S/C62H76BClN2/c1-55(2)21-23-57(5,6)42-31-38(17-19-40(42)55)65-50-35-46-44(59(9,10)25-27-61(46,13)14)33-48(50)63-49-34-45-47(62(15,16)28-26-60(45,11)12)36-51(49)66(53-30-37(64)29-52(65)54(53)63)39-18-20-41-43(32-39)58(7,8)24-22-56(41,3)4/h17-20,29-36H,21-28H2,1-16H3. The molecule has 0 spiro atoms. The van der Waals surface area contributed by atoms with Crippen LogP contribution in [0.5, 0.6) is 0 Å². The van der Waals surface area contributed by atoms with E-state index >= 15 is 0 Å². The molecule has 6 aliphatic rings. The van der Waals surface area contributed by atoms with E-state index < -0.39 is 0 Å². The van der Waals surface area contributed by atoms with Gasteiger partial charge in [0.15, 0.2) is 0 Å². The zero-order valence-electron chi connectivity index (χ0n) is 43.4. The molecule has 0 saturated heterocycles. The van der Waals surface area contributed by atoms with Crippen molar-refractivity contribution in [2.75, 3.05) is 9.80 Å². The molecule has 0 radical (unpaired) electrons. The molecule has 4 heteroatoms. The Labute approximate surface area is 404 Å². The van der Waals surface area contributed by atoms with E-state index in [0.29, 0.717) is 0 Å². The average molecular weight is 896 g/mol. The first-order chi connectivity index (χ1) is 30.5. The van der Waals surface area contributed by atoms with Crippen LogP contribution in [0.25, 0.3) is 0 Å². The Balaban J connectivity index is 1.27. The Kier molecular flexibility index (Phi) is 9.21. The summed E-state index contributed by atoms with van der Waals surface area (Å²) in [6.45, 7) is 39.6. The van der Waals surface area contributed by atoms with Gasteiger partial charge in [-0.25, -0.2) is 0 Å². The first-order valence-electron chi connectivity index (χ1n) is 25.7. The third-order valence-electron chi connectivity index (χ3n) is 19.2. The fourth-order valence-corrected chi connectivity index (χ4v) is 14.3. The number of benzene rings is 5. The third-order valence-corrected chi connectivity index (χ3v) is 19.4. The zero-order valence-corrected chi connectivity index (χ0v) is 44.2. The SMILES string of the molecule is CC1(C)CCC(C)(C)c2cc(N3c4cc5c(cc4B4c6cc7c(cc6N(c6ccc8c(c6)C(C)(C)CCC8(C)C)c6cc(Cl)cc3c64)C(C)(C)CCC7(C)C)C(C)(C)CCC5(C)C)ccc21. The summed E-state index contributed by atoms with van der Waals surface area (Å²) in [5.74, 6) is 0. The monoisotopic (exact) mass is 895 g/mol. The van der Waals surface area contributed by atoms with Crippen LogP contribution in [0.4, 0.5) is 34.1 Å². The molecule has 2 heterocycles. The first kappa shape index (κ1) is 44.6. The van der Waals surface area contributed by atoms with Crippen LogP contribution in [-0.4, -0.2) is 6.71 Å². The van der Waals surface area contributed by atoms with E-state index in [2.05, 4.69) is 193 Å². The van der Waals surface area contributed by atoms with E-state index in [9.17, 15) is 0 Å². The van der Waals surface area contributed by atoms with Gasteiger partial charge in [0, 0.05) is 39.1 Å². The van der Waals surface area contributed by atoms with Crippen molar-refractivity contribution in [3.63, 3.8) is 0 Å². The third kappa shape index (κ3) is 6.32. The van der Waals surface area contributed by atoms with Crippen LogP contribution >= 0.6 is 11.6 Å². The summed E-state index contributed by atoms with van der Waals surface area (Å²) in [7, 11) is 0. The predicted octanol–water partition coefficient (Wildman–Crippen LogP) is 15.8. The largest absolute Gasteiger partial charge is 0.311 e. The van der Waals surface area contributed by atoms with E-state index in [4.69, 9.17) is 11.6 Å². The highest BCUT2D eigenvalue weighted by Crippen LogP contribution is 2.55. The lowest BCUT2D eigenvalue weighted by molar-refractivity contribution is 0.332. The van der Waals surface area contributed by atoms with Crippen molar-refractivity contribution in [1.29, 1.82) is 0 Å². The van der Waals surface area contributed by atoms with Crippen molar-refractivity contribution in [3.05, 3.63) is 122 Å². The van der Waals surface area contributed by atoms with Gasteiger partial charge in [0.1, 0.15) is 0 Å². The molecule has 2 aliphatic heterocycles. The van der Waals surface area contributed by atoms with Crippen molar-refractivity contribution in [2.24, 2.45) is 0 Å². The molecule has 0 aromatic heterocycles. The maximum atomic E-state index is 7.63. The second-order valence-electron chi connectivity index (χ2n) is 27.4. The highest BCUT2D eigenvalue weighted by molar-refractivity contribution is 7.00. The van der Waals surface area contributed by atoms with Crippen LogP contribution in [0.1, 0.15) is 207 Å². The topological polar surface area (TPSA) is 6.48 Å². The summed E-state index contributed by atoms with van der Waals surface area (Å²) >= 11 is 7.63. The van der Waals surface area contributed by atoms with Crippen LogP contribution in [-0.2, 0) is 43.3 Å². The van der Waals surface area contributed by atoms with Crippen LogP contribution < -0.4 is 26.2 Å². The van der Waals surface area contributed by atoms with Crippen LogP contribution in [0.15, 0.2) is 72.8 Å². The quantitative estimate of drug-likeness (QED) is 0.160. The summed E-state index contributed by atoms with van der Waals surface area (Å²) in [6.07, 6.45) is 9.46. The first-order valence-corrected chi connectivity index (χ1v) is 26.0. The summed E-state index contributed by atoms with van der Waals surface area (Å²) in [5, 5.41) is 0.780. The maximum Gasteiger partial charge on any atom is 0.252 e. The lowest BCUT2D eigenvalue weighted by atomic mass is 9.32. The molecule has 4 aliphatic carbocycles. The molecule has 11 rings (SSSR count). The van der Waals surface area contributed by atoms with E-state index in [1.54, 1.807) is 0 Å². The minimum Gasteiger partial charge on any atom is -0.311 e. The normalized spacial score (nSPS) is 23.3. The van der Waals surface area contributed by atoms with E-state index in [1.807, 2.05) is 0 Å². The Bertz CT molecular complexity index is 2730. The van der Waals surface area contributed by atoms with Gasteiger partial charge in [-0.2, -0.15) is 0 Å². The number of nitrogens with zero attached hydrogens (tertiary/aromatic N) is 2. The second kappa shape index (κ2) is 13.6. The number of halogens is 1. The van der Waals surface area contributed by atoms with E-state index in [0.717, 1.165) is 5.02 Å². The fourth-order valence-electron chi connectivity index (χ4n) is 14.1. The smallest absolute Gasteiger partial charge is 0.252 e. The molecule has 66 heavy (non-hydrogen) atoms. The van der Waals surface area contributed by atoms with Gasteiger partial charge in [0.05, 0.1) is 0 Å². The number of anilines is 6. The Hall–Kier alpha value is -3.95. The minimum absolute atomic E-state index is 0.0306. The van der Waals surface area contributed by atoms with Crippen LogP contribution in [0, 0.1) is 0 Å². The summed E-state index contributed by atoms with van der Waals surface area (Å²) in [5.41, 5.74) is 24.4. The Morgan fingerprint density at radius 3 is 0.924 bits per heavy atom. The van der Waals surface area contributed by atoms with Gasteiger partial charge < -0.3 is 9.80 Å². The van der Waals surface area contributed by atoms with Gasteiger partial charge in [-0.3, -0.25) is 0 Å². The second-order valence-corrected chi connectivity index (χ2v) is 27.8. The van der Waals surface area contributed by atoms with Gasteiger partial charge in [-0.05, 0) is 204 Å². The molecular weight excluding hydrogens is 819 g/mol. The van der Waals surface area contributed by atoms with Crippen molar-refractivity contribution < 1.29 is 0 Å². The molecule has 344 valence electrons. The van der Waals surface area contributed by atoms with Gasteiger partial charge in [0.2, 0.25) is 0 Å². The molecule has 5 aromatic rings. The lowest BCUT2D eigenvalue weighted by Gasteiger charge is -2.49. The average Bonchev–Trinajstić information content (AvgIpc) is 3.23. The molecule has 0 bridgehead atoms. The molecule has 0 saturated carbocycles. The van der Waals surface area contributed by atoms with Crippen LogP contribution in [0.3, 0.4) is 0 Å². The van der Waals surface area contributed by atoms with Crippen molar-refractivity contribution >= 4 is 68.8 Å². The molecule has 0 N–H and O–H groups in total. The zero-order chi connectivity index (χ0) is 47.3. The highest BCUT2D eigenvalue weighted by Gasteiger charge is 2.49. The van der Waals surface area contributed by atoms with Crippen molar-refractivity contribution in [3.8, 4) is 0 Å². The minimum atomic E-state index is 0.0306. The van der Waals surface area contributed by atoms with E-state index in [1.165, 1.54) is 146 Å². The molecule has 5 aromatic carbocycles. The highest BCUT2D eigenvalue weighted by atomic mass is 35.5. The van der Waals surface area contributed by atoms with Gasteiger partial charge in [-0.15, -0.1) is 0 Å². The Morgan fingerprint density at radius 2 is 0.606 bits per heavy atom. The maximum absolute atomic E-state index is 7.63. The van der Waals surface area contributed by atoms with E-state index in [-0.39, 0.29) is 50.0 Å². The molecule has 0 unspecified atom stereocenters. The number of rotatable bonds is 2.